The van der Waals surface area contributed by atoms with E-state index in [0.29, 0.717) is 13.0 Å². The first-order chi connectivity index (χ1) is 20.7. The maximum atomic E-state index is 14.1. The number of amides is 1. The van der Waals surface area contributed by atoms with Crippen LogP contribution in [-0.4, -0.2) is 70.4 Å². The zero-order valence-electron chi connectivity index (χ0n) is 25.7. The molecule has 43 heavy (non-hydrogen) atoms. The summed E-state index contributed by atoms with van der Waals surface area (Å²) >= 11 is 0. The zero-order chi connectivity index (χ0) is 30.9. The van der Waals surface area contributed by atoms with E-state index in [1.807, 2.05) is 44.2 Å². The Morgan fingerprint density at radius 2 is 1.65 bits per heavy atom. The van der Waals surface area contributed by atoms with Gasteiger partial charge in [0.05, 0.1) is 12.2 Å². The van der Waals surface area contributed by atoms with Crippen molar-refractivity contribution in [3.05, 3.63) is 60.2 Å². The normalized spacial score (nSPS) is 22.5. The first-order valence-corrected chi connectivity index (χ1v) is 15.8. The lowest BCUT2D eigenvalue weighted by atomic mass is 9.51. The van der Waals surface area contributed by atoms with Gasteiger partial charge in [0.15, 0.2) is 5.78 Å². The maximum absolute atomic E-state index is 14.1. The van der Waals surface area contributed by atoms with Crippen LogP contribution in [-0.2, 0) is 30.1 Å². The lowest BCUT2D eigenvalue weighted by Gasteiger charge is -2.47. The molecule has 0 unspecified atom stereocenters. The summed E-state index contributed by atoms with van der Waals surface area (Å²) in [6, 6.07) is 8.60. The average Bonchev–Trinajstić information content (AvgIpc) is 3.40. The molecule has 10 nitrogen and oxygen atoms in total. The molecule has 1 aromatic carbocycles. The number of benzene rings is 1. The molecule has 1 amide bonds. The van der Waals surface area contributed by atoms with Gasteiger partial charge in [0.1, 0.15) is 18.8 Å². The summed E-state index contributed by atoms with van der Waals surface area (Å²) in [5, 5.41) is 2.87. The summed E-state index contributed by atoms with van der Waals surface area (Å²) in [5.74, 6) is -1.87. The molecule has 2 aromatic rings. The molecule has 0 radical (unpaired) electrons. The van der Waals surface area contributed by atoms with Gasteiger partial charge in [-0.05, 0) is 43.0 Å². The molecule has 0 spiro atoms. The molecule has 1 N–H and O–H groups in total. The monoisotopic (exact) mass is 592 g/mol. The number of nitrogens with zero attached hydrogens (tertiary/aromatic N) is 3. The third-order valence-corrected chi connectivity index (χ3v) is 8.81. The van der Waals surface area contributed by atoms with Crippen molar-refractivity contribution >= 4 is 30.3 Å². The summed E-state index contributed by atoms with van der Waals surface area (Å²) in [5.41, 5.74) is 0.996. The summed E-state index contributed by atoms with van der Waals surface area (Å²) in [6.07, 6.45) is 11.5. The highest BCUT2D eigenvalue weighted by Gasteiger charge is 2.70. The molecule has 0 aliphatic carbocycles. The van der Waals surface area contributed by atoms with Gasteiger partial charge in [-0.3, -0.25) is 24.2 Å². The highest BCUT2D eigenvalue weighted by atomic mass is 16.7. The summed E-state index contributed by atoms with van der Waals surface area (Å²) in [7, 11) is 0. The third-order valence-electron chi connectivity index (χ3n) is 8.81. The van der Waals surface area contributed by atoms with E-state index in [-0.39, 0.29) is 47.7 Å². The average molecular weight is 593 g/mol. The topological polar surface area (TPSA) is 125 Å². The standard InChI is InChI=1S/C32H45BN4O6/c1-4-5-6-7-8-12-17-37-22-30(39)42-33(37,43-31(40)23-37)26(18-24(2)3)20-29(38)27(19-25-13-10-9-11-14-25)36-32(41)28-21-34-15-16-35-28/h9-11,13-16,21,24,26-27H,4-8,12,17-20,22-23H2,1-3H3,(H,36,41)/t26-,27+,33?,37?/m1/s1. The second kappa shape index (κ2) is 14.7. The van der Waals surface area contributed by atoms with Crippen LogP contribution in [0.2, 0.25) is 5.82 Å². The first kappa shape index (κ1) is 32.3. The lowest BCUT2D eigenvalue weighted by Crippen LogP contribution is -2.66. The Morgan fingerprint density at radius 1 is 0.977 bits per heavy atom. The second-order valence-electron chi connectivity index (χ2n) is 12.6. The number of rotatable bonds is 17. The van der Waals surface area contributed by atoms with Crippen LogP contribution in [0.1, 0.15) is 88.2 Å². The van der Waals surface area contributed by atoms with Crippen molar-refractivity contribution in [2.24, 2.45) is 5.92 Å². The van der Waals surface area contributed by atoms with Gasteiger partial charge in [-0.1, -0.05) is 83.2 Å². The highest BCUT2D eigenvalue weighted by Crippen LogP contribution is 2.47. The Labute approximate surface area is 254 Å². The summed E-state index contributed by atoms with van der Waals surface area (Å²) < 4.78 is 12.2. The van der Waals surface area contributed by atoms with Gasteiger partial charge in [-0.15, -0.1) is 0 Å². The number of Topliss-reactive ketones (excluding diaryl/α,β-unsaturated/α-hetero) is 1. The number of hydrogen-bond acceptors (Lipinski definition) is 8. The molecule has 0 bridgehead atoms. The predicted molar refractivity (Wildman–Crippen MR) is 162 cm³/mol. The van der Waals surface area contributed by atoms with Crippen LogP contribution in [0.25, 0.3) is 0 Å². The van der Waals surface area contributed by atoms with Gasteiger partial charge in [-0.2, -0.15) is 0 Å². The second-order valence-corrected chi connectivity index (χ2v) is 12.6. The number of fused-ring (bicyclic) bond motifs is 1. The highest BCUT2D eigenvalue weighted by molar-refractivity contribution is 6.67. The minimum absolute atomic E-state index is 0.00646. The minimum Gasteiger partial charge on any atom is -0.600 e. The number of ketones is 1. The Hall–Kier alpha value is -3.60. The Morgan fingerprint density at radius 3 is 2.28 bits per heavy atom. The van der Waals surface area contributed by atoms with Crippen LogP contribution in [0, 0.1) is 5.92 Å². The smallest absolute Gasteiger partial charge is 0.587 e. The van der Waals surface area contributed by atoms with Gasteiger partial charge in [-0.25, -0.2) is 4.98 Å². The van der Waals surface area contributed by atoms with Crippen LogP contribution in [0.5, 0.6) is 0 Å². The van der Waals surface area contributed by atoms with E-state index in [2.05, 4.69) is 22.2 Å². The van der Waals surface area contributed by atoms with Crippen LogP contribution in [0.3, 0.4) is 0 Å². The molecule has 2 atom stereocenters. The molecule has 2 saturated heterocycles. The van der Waals surface area contributed by atoms with Gasteiger partial charge in [0.25, 0.3) is 5.91 Å². The molecule has 232 valence electrons. The Balaban J connectivity index is 1.60. The van der Waals surface area contributed by atoms with Crippen molar-refractivity contribution in [3.8, 4) is 0 Å². The fraction of sp³-hybridized carbons (Fsp3) is 0.562. The molecular weight excluding hydrogens is 547 g/mol. The van der Waals surface area contributed by atoms with E-state index < -0.39 is 36.4 Å². The van der Waals surface area contributed by atoms with E-state index in [1.165, 1.54) is 25.0 Å². The molecule has 3 heterocycles. The molecule has 4 rings (SSSR count). The lowest BCUT2D eigenvalue weighted by molar-refractivity contribution is -0.816. The minimum atomic E-state index is -2.46. The fourth-order valence-corrected chi connectivity index (χ4v) is 6.86. The largest absolute Gasteiger partial charge is 0.600 e. The maximum Gasteiger partial charge on any atom is 0.587 e. The Bertz CT molecular complexity index is 1240. The van der Waals surface area contributed by atoms with Gasteiger partial charge < -0.3 is 19.0 Å². The van der Waals surface area contributed by atoms with Gasteiger partial charge in [0.2, 0.25) is 0 Å². The predicted octanol–water partition coefficient (Wildman–Crippen LogP) is 4.42. The molecular formula is C32H45BN4O6. The first-order valence-electron chi connectivity index (χ1n) is 15.8. The van der Waals surface area contributed by atoms with Crippen molar-refractivity contribution in [2.45, 2.75) is 90.4 Å². The van der Waals surface area contributed by atoms with Crippen molar-refractivity contribution in [2.75, 3.05) is 19.6 Å². The number of hydrogen-bond donors (Lipinski definition) is 1. The van der Waals surface area contributed by atoms with Crippen LogP contribution >= 0.6 is 0 Å². The quantitative estimate of drug-likeness (QED) is 0.212. The molecule has 1 aromatic heterocycles. The molecule has 0 saturated carbocycles. The fourth-order valence-electron chi connectivity index (χ4n) is 6.86. The van der Waals surface area contributed by atoms with E-state index in [4.69, 9.17) is 9.31 Å². The number of quaternary nitrogens is 1. The third kappa shape index (κ3) is 7.87. The molecule has 2 fully saturated rings. The molecule has 2 aliphatic rings. The van der Waals surface area contributed by atoms with E-state index >= 15 is 0 Å². The van der Waals surface area contributed by atoms with Crippen molar-refractivity contribution in [1.29, 1.82) is 0 Å². The van der Waals surface area contributed by atoms with E-state index in [0.717, 1.165) is 37.7 Å². The Kier molecular flexibility index (Phi) is 11.1. The molecule has 2 aliphatic heterocycles. The van der Waals surface area contributed by atoms with Crippen LogP contribution in [0.15, 0.2) is 48.9 Å². The van der Waals surface area contributed by atoms with Crippen LogP contribution in [0.4, 0.5) is 0 Å². The SMILES string of the molecule is CCCCCCCC[N+]12CC(=O)O[B-]1([C@@H](CC(=O)[C@H](Cc1ccccc1)NC(=O)c1cnccn1)CC(C)C)OC(=O)C2. The number of carbonyl (C=O) groups is 4. The molecule has 11 heteroatoms. The van der Waals surface area contributed by atoms with Crippen molar-refractivity contribution in [3.63, 3.8) is 0 Å². The van der Waals surface area contributed by atoms with E-state index in [1.54, 1.807) is 0 Å². The number of nitrogens with one attached hydrogen (secondary N) is 1. The van der Waals surface area contributed by atoms with Crippen molar-refractivity contribution < 1.29 is 32.9 Å². The number of aromatic nitrogens is 2. The van der Waals surface area contributed by atoms with Crippen LogP contribution < -0.4 is 5.32 Å². The van der Waals surface area contributed by atoms with Gasteiger partial charge >= 0.3 is 18.6 Å². The number of carbonyl (C=O) groups excluding carboxylic acids is 4. The zero-order valence-corrected chi connectivity index (χ0v) is 25.7. The van der Waals surface area contributed by atoms with E-state index in [9.17, 15) is 19.2 Å². The number of unbranched alkanes of at least 4 members (excludes halogenated alkanes) is 5. The summed E-state index contributed by atoms with van der Waals surface area (Å²) in [4.78, 5) is 61.2. The summed E-state index contributed by atoms with van der Waals surface area (Å²) in [6.45, 7) is 4.52. The van der Waals surface area contributed by atoms with Crippen molar-refractivity contribution in [1.82, 2.24) is 15.3 Å². The van der Waals surface area contributed by atoms with Gasteiger partial charge in [0, 0.05) is 18.9 Å².